The van der Waals surface area contributed by atoms with Crippen molar-refractivity contribution >= 4 is 0 Å². The Hall–Kier alpha value is -0.900. The fraction of sp³-hybridized carbons (Fsp3) is 0.857. The standard InChI is InChI=1S/C14H28N4/c1-13(2,3)10-12-11-18(17-16-12)9-7-8-15-14(4,5)6/h11,15H,7-10H2,1-6H3. The van der Waals surface area contributed by atoms with Gasteiger partial charge in [0.1, 0.15) is 0 Å². The van der Waals surface area contributed by atoms with Gasteiger partial charge in [0.2, 0.25) is 0 Å². The first-order valence-electron chi connectivity index (χ1n) is 6.80. The van der Waals surface area contributed by atoms with Crippen molar-refractivity contribution in [1.82, 2.24) is 20.3 Å². The Bertz CT molecular complexity index is 355. The van der Waals surface area contributed by atoms with Crippen molar-refractivity contribution in [2.24, 2.45) is 5.41 Å². The van der Waals surface area contributed by atoms with E-state index >= 15 is 0 Å². The molecular weight excluding hydrogens is 224 g/mol. The number of aromatic nitrogens is 3. The molecule has 104 valence electrons. The topological polar surface area (TPSA) is 42.7 Å². The summed E-state index contributed by atoms with van der Waals surface area (Å²) in [5.41, 5.74) is 1.56. The maximum atomic E-state index is 4.22. The molecule has 0 amide bonds. The highest BCUT2D eigenvalue weighted by Gasteiger charge is 2.14. The van der Waals surface area contributed by atoms with Crippen molar-refractivity contribution in [3.05, 3.63) is 11.9 Å². The van der Waals surface area contributed by atoms with Crippen LogP contribution in [-0.4, -0.2) is 27.1 Å². The van der Waals surface area contributed by atoms with Gasteiger partial charge in [0.05, 0.1) is 5.69 Å². The smallest absolute Gasteiger partial charge is 0.0832 e. The fourth-order valence-electron chi connectivity index (χ4n) is 1.78. The lowest BCUT2D eigenvalue weighted by molar-refractivity contribution is 0.406. The third-order valence-corrected chi connectivity index (χ3v) is 2.52. The van der Waals surface area contributed by atoms with Gasteiger partial charge in [-0.05, 0) is 45.6 Å². The average Bonchev–Trinajstić information content (AvgIpc) is 2.56. The van der Waals surface area contributed by atoms with Crippen LogP contribution in [-0.2, 0) is 13.0 Å². The van der Waals surface area contributed by atoms with E-state index in [9.17, 15) is 0 Å². The van der Waals surface area contributed by atoms with Crippen LogP contribution in [0.4, 0.5) is 0 Å². The Balaban J connectivity index is 2.32. The molecule has 0 aromatic carbocycles. The van der Waals surface area contributed by atoms with Gasteiger partial charge in [-0.15, -0.1) is 5.10 Å². The Morgan fingerprint density at radius 1 is 1.17 bits per heavy atom. The van der Waals surface area contributed by atoms with E-state index in [1.807, 2.05) is 4.68 Å². The zero-order valence-electron chi connectivity index (χ0n) is 12.7. The summed E-state index contributed by atoms with van der Waals surface area (Å²) in [6, 6.07) is 0. The molecule has 0 aliphatic heterocycles. The summed E-state index contributed by atoms with van der Waals surface area (Å²) >= 11 is 0. The lowest BCUT2D eigenvalue weighted by Gasteiger charge is -2.20. The minimum atomic E-state index is 0.194. The van der Waals surface area contributed by atoms with Crippen LogP contribution in [0.3, 0.4) is 0 Å². The number of nitrogens with zero attached hydrogens (tertiary/aromatic N) is 3. The van der Waals surface area contributed by atoms with Crippen LogP contribution in [0.2, 0.25) is 0 Å². The predicted octanol–water partition coefficient (Wildman–Crippen LogP) is 2.64. The van der Waals surface area contributed by atoms with Crippen LogP contribution >= 0.6 is 0 Å². The molecule has 0 unspecified atom stereocenters. The highest BCUT2D eigenvalue weighted by atomic mass is 15.4. The average molecular weight is 252 g/mol. The van der Waals surface area contributed by atoms with Gasteiger partial charge in [-0.2, -0.15) is 0 Å². The lowest BCUT2D eigenvalue weighted by atomic mass is 9.91. The van der Waals surface area contributed by atoms with Gasteiger partial charge >= 0.3 is 0 Å². The van der Waals surface area contributed by atoms with Crippen molar-refractivity contribution < 1.29 is 0 Å². The molecule has 1 aromatic heterocycles. The third kappa shape index (κ3) is 6.74. The second kappa shape index (κ2) is 5.83. The molecule has 0 aliphatic carbocycles. The molecule has 4 heteroatoms. The minimum absolute atomic E-state index is 0.194. The minimum Gasteiger partial charge on any atom is -0.312 e. The molecule has 0 saturated carbocycles. The van der Waals surface area contributed by atoms with Crippen molar-refractivity contribution in [1.29, 1.82) is 0 Å². The Morgan fingerprint density at radius 3 is 2.39 bits per heavy atom. The number of aryl methyl sites for hydroxylation is 1. The van der Waals surface area contributed by atoms with Crippen LogP contribution < -0.4 is 5.32 Å². The summed E-state index contributed by atoms with van der Waals surface area (Å²) in [4.78, 5) is 0. The molecule has 0 aliphatic rings. The Morgan fingerprint density at radius 2 is 1.83 bits per heavy atom. The summed E-state index contributed by atoms with van der Waals surface area (Å²) in [5, 5.41) is 11.9. The van der Waals surface area contributed by atoms with Crippen LogP contribution in [0.25, 0.3) is 0 Å². The van der Waals surface area contributed by atoms with E-state index < -0.39 is 0 Å². The highest BCUT2D eigenvalue weighted by molar-refractivity contribution is 4.95. The van der Waals surface area contributed by atoms with Crippen LogP contribution in [0.15, 0.2) is 6.20 Å². The molecule has 0 radical (unpaired) electrons. The van der Waals surface area contributed by atoms with Gasteiger partial charge in [0, 0.05) is 18.3 Å². The second-order valence-corrected chi connectivity index (χ2v) is 7.24. The van der Waals surface area contributed by atoms with E-state index in [1.54, 1.807) is 0 Å². The van der Waals surface area contributed by atoms with Gasteiger partial charge in [-0.3, -0.25) is 4.68 Å². The molecule has 0 saturated heterocycles. The van der Waals surface area contributed by atoms with Crippen LogP contribution in [0.1, 0.15) is 53.7 Å². The summed E-state index contributed by atoms with van der Waals surface area (Å²) in [5.74, 6) is 0. The first-order chi connectivity index (χ1) is 8.16. The van der Waals surface area contributed by atoms with Gasteiger partial charge in [0.25, 0.3) is 0 Å². The molecule has 1 N–H and O–H groups in total. The number of nitrogens with one attached hydrogen (secondary N) is 1. The van der Waals surface area contributed by atoms with Gasteiger partial charge in [0.15, 0.2) is 0 Å². The maximum Gasteiger partial charge on any atom is 0.0832 e. The van der Waals surface area contributed by atoms with Crippen LogP contribution in [0.5, 0.6) is 0 Å². The fourth-order valence-corrected chi connectivity index (χ4v) is 1.78. The monoisotopic (exact) mass is 252 g/mol. The lowest BCUT2D eigenvalue weighted by Crippen LogP contribution is -2.36. The van der Waals surface area contributed by atoms with Crippen molar-refractivity contribution in [2.45, 2.75) is 66.5 Å². The van der Waals surface area contributed by atoms with Gasteiger partial charge in [-0.25, -0.2) is 0 Å². The molecule has 1 rings (SSSR count). The largest absolute Gasteiger partial charge is 0.312 e. The predicted molar refractivity (Wildman–Crippen MR) is 75.6 cm³/mol. The zero-order chi connectivity index (χ0) is 13.8. The van der Waals surface area contributed by atoms with Crippen LogP contribution in [0, 0.1) is 5.41 Å². The molecule has 0 bridgehead atoms. The Labute approximate surface area is 111 Å². The number of hydrogen-bond donors (Lipinski definition) is 1. The third-order valence-electron chi connectivity index (χ3n) is 2.52. The van der Waals surface area contributed by atoms with Crippen molar-refractivity contribution in [3.8, 4) is 0 Å². The maximum absolute atomic E-state index is 4.22. The van der Waals surface area contributed by atoms with Crippen molar-refractivity contribution in [3.63, 3.8) is 0 Å². The van der Waals surface area contributed by atoms with E-state index in [4.69, 9.17) is 0 Å². The summed E-state index contributed by atoms with van der Waals surface area (Å²) in [6.07, 6.45) is 4.13. The van der Waals surface area contributed by atoms with Gasteiger partial charge < -0.3 is 5.32 Å². The van der Waals surface area contributed by atoms with E-state index in [0.717, 1.165) is 31.6 Å². The molecule has 1 aromatic rings. The summed E-state index contributed by atoms with van der Waals surface area (Å²) in [6.45, 7) is 15.2. The van der Waals surface area contributed by atoms with E-state index in [-0.39, 0.29) is 11.0 Å². The van der Waals surface area contributed by atoms with E-state index in [1.165, 1.54) is 0 Å². The summed E-state index contributed by atoms with van der Waals surface area (Å²) in [7, 11) is 0. The first kappa shape index (κ1) is 15.2. The molecule has 4 nitrogen and oxygen atoms in total. The number of rotatable bonds is 5. The molecule has 18 heavy (non-hydrogen) atoms. The van der Waals surface area contributed by atoms with Gasteiger partial charge in [-0.1, -0.05) is 26.0 Å². The first-order valence-corrected chi connectivity index (χ1v) is 6.80. The van der Waals surface area contributed by atoms with E-state index in [0.29, 0.717) is 0 Å². The number of hydrogen-bond acceptors (Lipinski definition) is 3. The zero-order valence-corrected chi connectivity index (χ0v) is 12.7. The Kier molecular flexibility index (Phi) is 4.91. The molecule has 1 heterocycles. The molecular formula is C14H28N4. The molecule has 0 atom stereocenters. The van der Waals surface area contributed by atoms with E-state index in [2.05, 4.69) is 63.4 Å². The molecule has 0 fully saturated rings. The second-order valence-electron chi connectivity index (χ2n) is 7.24. The summed E-state index contributed by atoms with van der Waals surface area (Å²) < 4.78 is 1.95. The SMILES string of the molecule is CC(C)(C)Cc1cn(CCCNC(C)(C)C)nn1. The van der Waals surface area contributed by atoms with Crippen molar-refractivity contribution in [2.75, 3.05) is 6.54 Å². The highest BCUT2D eigenvalue weighted by Crippen LogP contribution is 2.18. The normalized spacial score (nSPS) is 13.0. The molecule has 0 spiro atoms. The quantitative estimate of drug-likeness (QED) is 0.819.